The van der Waals surface area contributed by atoms with Crippen LogP contribution in [0.4, 0.5) is 0 Å². The quantitative estimate of drug-likeness (QED) is 0.806. The Bertz CT molecular complexity index is 295. The van der Waals surface area contributed by atoms with E-state index in [0.717, 1.165) is 11.3 Å². The molecule has 90 valence electrons. The van der Waals surface area contributed by atoms with E-state index in [1.807, 2.05) is 45.0 Å². The molecule has 1 rings (SSSR count). The van der Waals surface area contributed by atoms with Crippen molar-refractivity contribution in [2.45, 2.75) is 33.0 Å². The van der Waals surface area contributed by atoms with Crippen molar-refractivity contribution in [1.82, 2.24) is 0 Å². The summed E-state index contributed by atoms with van der Waals surface area (Å²) >= 11 is 0. The lowest BCUT2D eigenvalue weighted by molar-refractivity contribution is 0.0688. The molecule has 1 unspecified atom stereocenters. The van der Waals surface area contributed by atoms with E-state index in [-0.39, 0.29) is 12.2 Å². The van der Waals surface area contributed by atoms with Crippen molar-refractivity contribution in [3.8, 4) is 5.75 Å². The number of benzene rings is 1. The summed E-state index contributed by atoms with van der Waals surface area (Å²) in [5.74, 6) is 0.881. The molecule has 0 saturated heterocycles. The second-order valence-corrected chi connectivity index (χ2v) is 3.92. The maximum atomic E-state index is 5.65. The zero-order chi connectivity index (χ0) is 12.0. The minimum Gasteiger partial charge on any atom is -0.491 e. The SMILES string of the molecule is CCOC(CN)c1ccc(OC(C)C)cc1. The van der Waals surface area contributed by atoms with Crippen molar-refractivity contribution in [2.24, 2.45) is 5.73 Å². The lowest BCUT2D eigenvalue weighted by Gasteiger charge is -2.16. The molecule has 3 heteroatoms. The molecule has 0 aliphatic heterocycles. The van der Waals surface area contributed by atoms with Gasteiger partial charge in [-0.05, 0) is 38.5 Å². The molecule has 0 saturated carbocycles. The fourth-order valence-electron chi connectivity index (χ4n) is 1.53. The zero-order valence-electron chi connectivity index (χ0n) is 10.3. The zero-order valence-corrected chi connectivity index (χ0v) is 10.3. The van der Waals surface area contributed by atoms with Gasteiger partial charge < -0.3 is 15.2 Å². The van der Waals surface area contributed by atoms with Crippen LogP contribution >= 0.6 is 0 Å². The van der Waals surface area contributed by atoms with Gasteiger partial charge in [-0.2, -0.15) is 0 Å². The Hall–Kier alpha value is -1.06. The van der Waals surface area contributed by atoms with Gasteiger partial charge in [0.1, 0.15) is 5.75 Å². The van der Waals surface area contributed by atoms with Gasteiger partial charge in [0.15, 0.2) is 0 Å². The molecule has 0 aliphatic rings. The van der Waals surface area contributed by atoms with E-state index in [1.165, 1.54) is 0 Å². The van der Waals surface area contributed by atoms with Gasteiger partial charge >= 0.3 is 0 Å². The van der Waals surface area contributed by atoms with Gasteiger partial charge in [0.25, 0.3) is 0 Å². The fourth-order valence-corrected chi connectivity index (χ4v) is 1.53. The summed E-state index contributed by atoms with van der Waals surface area (Å²) in [6, 6.07) is 7.92. The minimum absolute atomic E-state index is 0.0156. The third-order valence-electron chi connectivity index (χ3n) is 2.21. The molecule has 0 fully saturated rings. The Morgan fingerprint density at radius 2 is 1.81 bits per heavy atom. The third-order valence-corrected chi connectivity index (χ3v) is 2.21. The average molecular weight is 223 g/mol. The predicted octanol–water partition coefficient (Wildman–Crippen LogP) is 2.51. The molecular weight excluding hydrogens is 202 g/mol. The van der Waals surface area contributed by atoms with Crippen LogP contribution in [0.5, 0.6) is 5.75 Å². The topological polar surface area (TPSA) is 44.5 Å². The molecule has 0 spiro atoms. The number of hydrogen-bond acceptors (Lipinski definition) is 3. The van der Waals surface area contributed by atoms with Crippen LogP contribution in [0.1, 0.15) is 32.4 Å². The number of rotatable bonds is 6. The van der Waals surface area contributed by atoms with Gasteiger partial charge in [-0.25, -0.2) is 0 Å². The summed E-state index contributed by atoms with van der Waals surface area (Å²) in [6.45, 7) is 7.16. The minimum atomic E-state index is -0.0156. The third kappa shape index (κ3) is 3.83. The van der Waals surface area contributed by atoms with Crippen molar-refractivity contribution < 1.29 is 9.47 Å². The summed E-state index contributed by atoms with van der Waals surface area (Å²) in [6.07, 6.45) is 0.182. The van der Waals surface area contributed by atoms with Gasteiger partial charge in [0.2, 0.25) is 0 Å². The summed E-state index contributed by atoms with van der Waals surface area (Å²) in [7, 11) is 0. The Kier molecular flexibility index (Phi) is 5.29. The molecule has 0 heterocycles. The second kappa shape index (κ2) is 6.51. The number of ether oxygens (including phenoxy) is 2. The van der Waals surface area contributed by atoms with Crippen LogP contribution in [-0.2, 0) is 4.74 Å². The van der Waals surface area contributed by atoms with Crippen LogP contribution in [0.3, 0.4) is 0 Å². The lowest BCUT2D eigenvalue weighted by Crippen LogP contribution is -2.15. The Morgan fingerprint density at radius 1 is 1.19 bits per heavy atom. The highest BCUT2D eigenvalue weighted by Gasteiger charge is 2.09. The molecule has 0 aliphatic carbocycles. The van der Waals surface area contributed by atoms with Crippen LogP contribution in [0.15, 0.2) is 24.3 Å². The van der Waals surface area contributed by atoms with E-state index >= 15 is 0 Å². The van der Waals surface area contributed by atoms with Crippen molar-refractivity contribution in [1.29, 1.82) is 0 Å². The van der Waals surface area contributed by atoms with E-state index in [2.05, 4.69) is 0 Å². The molecule has 1 aromatic rings. The van der Waals surface area contributed by atoms with Crippen molar-refractivity contribution in [2.75, 3.05) is 13.2 Å². The van der Waals surface area contributed by atoms with Gasteiger partial charge in [-0.3, -0.25) is 0 Å². The average Bonchev–Trinajstić information content (AvgIpc) is 2.26. The largest absolute Gasteiger partial charge is 0.491 e. The van der Waals surface area contributed by atoms with Gasteiger partial charge in [0.05, 0.1) is 12.2 Å². The first-order valence-corrected chi connectivity index (χ1v) is 5.75. The molecule has 0 aromatic heterocycles. The van der Waals surface area contributed by atoms with Crippen LogP contribution < -0.4 is 10.5 Å². The van der Waals surface area contributed by atoms with Crippen LogP contribution in [0.2, 0.25) is 0 Å². The van der Waals surface area contributed by atoms with Gasteiger partial charge in [-0.1, -0.05) is 12.1 Å². The summed E-state index contributed by atoms with van der Waals surface area (Å²) in [5.41, 5.74) is 6.75. The van der Waals surface area contributed by atoms with E-state index in [4.69, 9.17) is 15.2 Å². The first-order valence-electron chi connectivity index (χ1n) is 5.75. The second-order valence-electron chi connectivity index (χ2n) is 3.92. The fraction of sp³-hybridized carbons (Fsp3) is 0.538. The Labute approximate surface area is 97.6 Å². The smallest absolute Gasteiger partial charge is 0.119 e. The number of hydrogen-bond donors (Lipinski definition) is 1. The molecule has 16 heavy (non-hydrogen) atoms. The maximum Gasteiger partial charge on any atom is 0.119 e. The van der Waals surface area contributed by atoms with Gasteiger partial charge in [-0.15, -0.1) is 0 Å². The van der Waals surface area contributed by atoms with Crippen molar-refractivity contribution in [3.63, 3.8) is 0 Å². The summed E-state index contributed by atoms with van der Waals surface area (Å²) < 4.78 is 11.1. The lowest BCUT2D eigenvalue weighted by atomic mass is 10.1. The first-order chi connectivity index (χ1) is 7.67. The highest BCUT2D eigenvalue weighted by atomic mass is 16.5. The van der Waals surface area contributed by atoms with Crippen LogP contribution in [-0.4, -0.2) is 19.3 Å². The van der Waals surface area contributed by atoms with E-state index in [1.54, 1.807) is 0 Å². The molecule has 2 N–H and O–H groups in total. The normalized spacial score (nSPS) is 12.8. The van der Waals surface area contributed by atoms with Gasteiger partial charge in [0, 0.05) is 13.2 Å². The molecule has 0 amide bonds. The Morgan fingerprint density at radius 3 is 2.25 bits per heavy atom. The van der Waals surface area contributed by atoms with Crippen molar-refractivity contribution in [3.05, 3.63) is 29.8 Å². The number of nitrogens with two attached hydrogens (primary N) is 1. The van der Waals surface area contributed by atoms with Crippen molar-refractivity contribution >= 4 is 0 Å². The monoisotopic (exact) mass is 223 g/mol. The molecule has 0 radical (unpaired) electrons. The summed E-state index contributed by atoms with van der Waals surface area (Å²) in [5, 5.41) is 0. The molecule has 1 aromatic carbocycles. The molecule has 1 atom stereocenters. The molecular formula is C13H21NO2. The Balaban J connectivity index is 2.69. The van der Waals surface area contributed by atoms with E-state index in [0.29, 0.717) is 13.2 Å². The highest BCUT2D eigenvalue weighted by molar-refractivity contribution is 5.28. The molecule has 3 nitrogen and oxygen atoms in total. The standard InChI is InChI=1S/C13H21NO2/c1-4-15-13(9-14)11-5-7-12(8-6-11)16-10(2)3/h5-8,10,13H,4,9,14H2,1-3H3. The van der Waals surface area contributed by atoms with Crippen LogP contribution in [0.25, 0.3) is 0 Å². The van der Waals surface area contributed by atoms with E-state index < -0.39 is 0 Å². The van der Waals surface area contributed by atoms with Crippen LogP contribution in [0, 0.1) is 0 Å². The highest BCUT2D eigenvalue weighted by Crippen LogP contribution is 2.20. The van der Waals surface area contributed by atoms with E-state index in [9.17, 15) is 0 Å². The maximum absolute atomic E-state index is 5.65. The molecule has 0 bridgehead atoms. The predicted molar refractivity (Wildman–Crippen MR) is 65.6 cm³/mol. The summed E-state index contributed by atoms with van der Waals surface area (Å²) in [4.78, 5) is 0. The first kappa shape index (κ1) is 13.0.